The molecule has 2 heterocycles. The highest BCUT2D eigenvalue weighted by molar-refractivity contribution is 5.82. The van der Waals surface area contributed by atoms with Crippen LogP contribution in [0.3, 0.4) is 0 Å². The molecule has 2 fully saturated rings. The largest absolute Gasteiger partial charge is 0.348 e. The van der Waals surface area contributed by atoms with Gasteiger partial charge >= 0.3 is 0 Å². The zero-order valence-corrected chi connectivity index (χ0v) is 13.2. The number of hydrogen-bond donors (Lipinski definition) is 2. The molecule has 1 saturated heterocycles. The summed E-state index contributed by atoms with van der Waals surface area (Å²) in [5.74, 6) is 0.838. The SMILES string of the molecule is Cc1c(C(C)NC(=O)C2CC3CCCCC3N2)cnn1C. The predicted octanol–water partition coefficient (Wildman–Crippen LogP) is 1.83. The van der Waals surface area contributed by atoms with Crippen molar-refractivity contribution in [2.45, 2.75) is 64.1 Å². The van der Waals surface area contributed by atoms with Gasteiger partial charge in [0.2, 0.25) is 5.91 Å². The van der Waals surface area contributed by atoms with Crippen molar-refractivity contribution in [3.05, 3.63) is 17.5 Å². The van der Waals surface area contributed by atoms with E-state index in [9.17, 15) is 4.79 Å². The summed E-state index contributed by atoms with van der Waals surface area (Å²) in [6.45, 7) is 4.07. The second kappa shape index (κ2) is 5.79. The Bertz CT molecular complexity index is 510. The molecule has 4 unspecified atom stereocenters. The third-order valence-electron chi connectivity index (χ3n) is 5.28. The molecule has 3 rings (SSSR count). The van der Waals surface area contributed by atoms with E-state index in [1.54, 1.807) is 0 Å². The van der Waals surface area contributed by atoms with Gasteiger partial charge in [-0.1, -0.05) is 12.8 Å². The van der Waals surface area contributed by atoms with Crippen LogP contribution in [0, 0.1) is 12.8 Å². The van der Waals surface area contributed by atoms with Crippen LogP contribution in [0.4, 0.5) is 0 Å². The van der Waals surface area contributed by atoms with E-state index in [-0.39, 0.29) is 18.0 Å². The van der Waals surface area contributed by atoms with E-state index in [0.29, 0.717) is 12.0 Å². The van der Waals surface area contributed by atoms with E-state index < -0.39 is 0 Å². The molecule has 1 aromatic rings. The molecule has 0 radical (unpaired) electrons. The fourth-order valence-electron chi connectivity index (χ4n) is 3.85. The Balaban J connectivity index is 1.60. The number of rotatable bonds is 3. The molecule has 1 aromatic heterocycles. The van der Waals surface area contributed by atoms with Crippen LogP contribution in [0.1, 0.15) is 56.3 Å². The van der Waals surface area contributed by atoms with Crippen LogP contribution >= 0.6 is 0 Å². The lowest BCUT2D eigenvalue weighted by atomic mass is 9.85. The normalized spacial score (nSPS) is 30.0. The van der Waals surface area contributed by atoms with E-state index in [4.69, 9.17) is 0 Å². The van der Waals surface area contributed by atoms with Crippen LogP contribution in [-0.2, 0) is 11.8 Å². The third-order valence-corrected chi connectivity index (χ3v) is 5.28. The number of nitrogens with one attached hydrogen (secondary N) is 2. The Labute approximate surface area is 126 Å². The van der Waals surface area contributed by atoms with Crippen LogP contribution in [0.2, 0.25) is 0 Å². The van der Waals surface area contributed by atoms with Crippen molar-refractivity contribution in [3.63, 3.8) is 0 Å². The van der Waals surface area contributed by atoms with E-state index in [1.807, 2.05) is 31.8 Å². The highest BCUT2D eigenvalue weighted by atomic mass is 16.2. The average molecular weight is 290 g/mol. The molecular formula is C16H26N4O. The van der Waals surface area contributed by atoms with Crippen molar-refractivity contribution >= 4 is 5.91 Å². The number of aromatic nitrogens is 2. The number of carbonyl (C=O) groups is 1. The number of aryl methyl sites for hydroxylation is 1. The molecule has 0 bridgehead atoms. The van der Waals surface area contributed by atoms with Gasteiger partial charge in [-0.15, -0.1) is 0 Å². The summed E-state index contributed by atoms with van der Waals surface area (Å²) < 4.78 is 1.85. The Kier molecular flexibility index (Phi) is 4.02. The minimum Gasteiger partial charge on any atom is -0.348 e. The van der Waals surface area contributed by atoms with Crippen LogP contribution in [0.25, 0.3) is 0 Å². The molecule has 4 atom stereocenters. The maximum Gasteiger partial charge on any atom is 0.237 e. The van der Waals surface area contributed by atoms with Crippen molar-refractivity contribution in [3.8, 4) is 0 Å². The van der Waals surface area contributed by atoms with E-state index in [1.165, 1.54) is 25.7 Å². The van der Waals surface area contributed by atoms with Gasteiger partial charge in [0.05, 0.1) is 18.3 Å². The minimum atomic E-state index is -0.0162. The molecule has 2 N–H and O–H groups in total. The van der Waals surface area contributed by atoms with Crippen LogP contribution in [-0.4, -0.2) is 27.8 Å². The Morgan fingerprint density at radius 1 is 1.48 bits per heavy atom. The summed E-state index contributed by atoms with van der Waals surface area (Å²) >= 11 is 0. The van der Waals surface area contributed by atoms with E-state index in [0.717, 1.165) is 17.7 Å². The average Bonchev–Trinajstić information content (AvgIpc) is 3.03. The Morgan fingerprint density at radius 3 is 2.90 bits per heavy atom. The number of fused-ring (bicyclic) bond motifs is 1. The van der Waals surface area contributed by atoms with Crippen LogP contribution in [0.5, 0.6) is 0 Å². The van der Waals surface area contributed by atoms with Crippen molar-refractivity contribution in [2.24, 2.45) is 13.0 Å². The molecule has 1 aliphatic carbocycles. The van der Waals surface area contributed by atoms with Crippen LogP contribution in [0.15, 0.2) is 6.20 Å². The summed E-state index contributed by atoms with van der Waals surface area (Å²) in [5, 5.41) is 10.9. The molecule has 0 aromatic carbocycles. The quantitative estimate of drug-likeness (QED) is 0.893. The maximum absolute atomic E-state index is 12.5. The molecule has 116 valence electrons. The van der Waals surface area contributed by atoms with Gasteiger partial charge in [-0.2, -0.15) is 5.10 Å². The summed E-state index contributed by atoms with van der Waals surface area (Å²) in [4.78, 5) is 12.5. The first-order chi connectivity index (χ1) is 10.1. The van der Waals surface area contributed by atoms with Gasteiger partial charge in [0.1, 0.15) is 0 Å². The van der Waals surface area contributed by atoms with Crippen molar-refractivity contribution in [1.82, 2.24) is 20.4 Å². The highest BCUT2D eigenvalue weighted by Crippen LogP contribution is 2.33. The smallest absolute Gasteiger partial charge is 0.237 e. The first kappa shape index (κ1) is 14.6. The second-order valence-corrected chi connectivity index (χ2v) is 6.65. The summed E-state index contributed by atoms with van der Waals surface area (Å²) in [5.41, 5.74) is 2.21. The summed E-state index contributed by atoms with van der Waals surface area (Å²) in [7, 11) is 1.93. The lowest BCUT2D eigenvalue weighted by Gasteiger charge is -2.24. The monoisotopic (exact) mass is 290 g/mol. The Morgan fingerprint density at radius 2 is 2.24 bits per heavy atom. The van der Waals surface area contributed by atoms with Crippen molar-refractivity contribution < 1.29 is 4.79 Å². The summed E-state index contributed by atoms with van der Waals surface area (Å²) in [6, 6.07) is 0.554. The number of carbonyl (C=O) groups excluding carboxylic acids is 1. The first-order valence-corrected chi connectivity index (χ1v) is 8.11. The lowest BCUT2D eigenvalue weighted by molar-refractivity contribution is -0.123. The zero-order chi connectivity index (χ0) is 15.0. The first-order valence-electron chi connectivity index (χ1n) is 8.11. The van der Waals surface area contributed by atoms with Gasteiger partial charge in [0.25, 0.3) is 0 Å². The standard InChI is InChI=1S/C16H26N4O/c1-10(13-9-17-20(3)11(13)2)18-16(21)15-8-12-6-4-5-7-14(12)19-15/h9-10,12,14-15,19H,4-8H2,1-3H3,(H,18,21). The molecule has 1 aliphatic heterocycles. The number of hydrogen-bond acceptors (Lipinski definition) is 3. The fraction of sp³-hybridized carbons (Fsp3) is 0.750. The molecule has 1 saturated carbocycles. The topological polar surface area (TPSA) is 59.0 Å². The maximum atomic E-state index is 12.5. The summed E-state index contributed by atoms with van der Waals surface area (Å²) in [6.07, 6.45) is 7.97. The van der Waals surface area contributed by atoms with Gasteiger partial charge in [-0.25, -0.2) is 0 Å². The van der Waals surface area contributed by atoms with Crippen molar-refractivity contribution in [1.29, 1.82) is 0 Å². The van der Waals surface area contributed by atoms with E-state index in [2.05, 4.69) is 15.7 Å². The zero-order valence-electron chi connectivity index (χ0n) is 13.2. The highest BCUT2D eigenvalue weighted by Gasteiger charge is 2.38. The van der Waals surface area contributed by atoms with Gasteiger partial charge in [-0.05, 0) is 39.0 Å². The van der Waals surface area contributed by atoms with Gasteiger partial charge in [0.15, 0.2) is 0 Å². The van der Waals surface area contributed by atoms with E-state index >= 15 is 0 Å². The minimum absolute atomic E-state index is 0.00984. The molecule has 5 nitrogen and oxygen atoms in total. The van der Waals surface area contributed by atoms with Crippen molar-refractivity contribution in [2.75, 3.05) is 0 Å². The molecule has 1 amide bonds. The third kappa shape index (κ3) is 2.84. The molecule has 21 heavy (non-hydrogen) atoms. The molecule has 0 spiro atoms. The van der Waals surface area contributed by atoms with Gasteiger partial charge in [-0.3, -0.25) is 9.48 Å². The van der Waals surface area contributed by atoms with Gasteiger partial charge < -0.3 is 10.6 Å². The Hall–Kier alpha value is -1.36. The molecular weight excluding hydrogens is 264 g/mol. The number of amides is 1. The lowest BCUT2D eigenvalue weighted by Crippen LogP contribution is -2.43. The second-order valence-electron chi connectivity index (χ2n) is 6.65. The number of nitrogens with zero attached hydrogens (tertiary/aromatic N) is 2. The van der Waals surface area contributed by atoms with Gasteiger partial charge in [0, 0.05) is 24.3 Å². The van der Waals surface area contributed by atoms with Crippen LogP contribution < -0.4 is 10.6 Å². The molecule has 5 heteroatoms. The molecule has 2 aliphatic rings. The predicted molar refractivity (Wildman–Crippen MR) is 81.8 cm³/mol. The fourth-order valence-corrected chi connectivity index (χ4v) is 3.85.